The zero-order chi connectivity index (χ0) is 20.3. The van der Waals surface area contributed by atoms with E-state index in [1.807, 2.05) is 18.2 Å². The van der Waals surface area contributed by atoms with E-state index in [1.54, 1.807) is 36.8 Å². The van der Waals surface area contributed by atoms with E-state index >= 15 is 0 Å². The fourth-order valence-corrected chi connectivity index (χ4v) is 3.73. The fourth-order valence-electron chi connectivity index (χ4n) is 3.73. The number of amides is 2. The number of carbonyl (C=O) groups is 2. The van der Waals surface area contributed by atoms with Crippen molar-refractivity contribution in [2.45, 2.75) is 27.2 Å². The molecule has 1 atom stereocenters. The van der Waals surface area contributed by atoms with Gasteiger partial charge in [-0.3, -0.25) is 14.6 Å². The highest BCUT2D eigenvalue weighted by molar-refractivity contribution is 5.85. The van der Waals surface area contributed by atoms with Crippen LogP contribution in [0, 0.1) is 22.7 Å². The number of carbonyl (C=O) groups excluding carboxylic acids is 2. The molecule has 2 amide bonds. The molecule has 3 rings (SSSR count). The van der Waals surface area contributed by atoms with Crippen molar-refractivity contribution in [3.8, 4) is 6.07 Å². The van der Waals surface area contributed by atoms with Crippen molar-refractivity contribution in [2.24, 2.45) is 11.3 Å². The number of nitriles is 1. The van der Waals surface area contributed by atoms with Gasteiger partial charge in [0.2, 0.25) is 11.8 Å². The molecule has 6 heteroatoms. The molecule has 1 aliphatic heterocycles. The first-order valence-electron chi connectivity index (χ1n) is 9.60. The molecular formula is C22H26N4O2. The minimum Gasteiger partial charge on any atom is -0.341 e. The van der Waals surface area contributed by atoms with Crippen LogP contribution in [-0.2, 0) is 16.0 Å². The maximum absolute atomic E-state index is 12.8. The fraction of sp³-hybridized carbons (Fsp3) is 0.455. The van der Waals surface area contributed by atoms with E-state index in [-0.39, 0.29) is 17.7 Å². The standard InChI is InChI=1S/C22H26N4O2/c1-16(27)25-9-10-26(21(28)22(2,3)15-23)14-18(13-25)11-17-6-7-20-19(12-17)5-4-8-24-20/h4-8,12,18H,9-11,13-14H2,1-3H3. The monoisotopic (exact) mass is 378 g/mol. The minimum atomic E-state index is -1.06. The van der Waals surface area contributed by atoms with Gasteiger partial charge >= 0.3 is 0 Å². The molecule has 0 radical (unpaired) electrons. The van der Waals surface area contributed by atoms with Crippen LogP contribution in [0.25, 0.3) is 10.9 Å². The summed E-state index contributed by atoms with van der Waals surface area (Å²) in [5.74, 6) is -0.0476. The van der Waals surface area contributed by atoms with Crippen molar-refractivity contribution >= 4 is 22.7 Å². The van der Waals surface area contributed by atoms with E-state index in [2.05, 4.69) is 23.2 Å². The van der Waals surface area contributed by atoms with Crippen molar-refractivity contribution in [2.75, 3.05) is 26.2 Å². The average Bonchev–Trinajstić information content (AvgIpc) is 2.90. The Balaban J connectivity index is 1.84. The second-order valence-electron chi connectivity index (χ2n) is 8.05. The Morgan fingerprint density at radius 3 is 2.64 bits per heavy atom. The summed E-state index contributed by atoms with van der Waals surface area (Å²) in [6.45, 7) is 6.97. The molecule has 0 aliphatic carbocycles. The first-order chi connectivity index (χ1) is 13.3. The first-order valence-corrected chi connectivity index (χ1v) is 9.60. The number of hydrogen-bond donors (Lipinski definition) is 0. The lowest BCUT2D eigenvalue weighted by Crippen LogP contribution is -2.43. The molecule has 1 unspecified atom stereocenters. The molecule has 0 N–H and O–H groups in total. The molecule has 1 aromatic heterocycles. The third-order valence-corrected chi connectivity index (χ3v) is 5.34. The van der Waals surface area contributed by atoms with Crippen molar-refractivity contribution < 1.29 is 9.59 Å². The van der Waals surface area contributed by atoms with E-state index in [0.29, 0.717) is 26.2 Å². The summed E-state index contributed by atoms with van der Waals surface area (Å²) in [5, 5.41) is 10.4. The second kappa shape index (κ2) is 7.97. The van der Waals surface area contributed by atoms with Gasteiger partial charge in [-0.25, -0.2) is 0 Å². The van der Waals surface area contributed by atoms with Crippen LogP contribution in [0.2, 0.25) is 0 Å². The molecule has 2 aromatic rings. The van der Waals surface area contributed by atoms with Crippen LogP contribution < -0.4 is 0 Å². The number of nitrogens with zero attached hydrogens (tertiary/aromatic N) is 4. The normalized spacial score (nSPS) is 17.9. The predicted molar refractivity (Wildman–Crippen MR) is 107 cm³/mol. The summed E-state index contributed by atoms with van der Waals surface area (Å²) in [7, 11) is 0. The van der Waals surface area contributed by atoms with Gasteiger partial charge in [-0.2, -0.15) is 5.26 Å². The van der Waals surface area contributed by atoms with Crippen LogP contribution >= 0.6 is 0 Å². The number of rotatable bonds is 3. The van der Waals surface area contributed by atoms with Crippen molar-refractivity contribution in [1.82, 2.24) is 14.8 Å². The number of fused-ring (bicyclic) bond motifs is 1. The highest BCUT2D eigenvalue weighted by atomic mass is 16.2. The van der Waals surface area contributed by atoms with Crippen molar-refractivity contribution in [3.63, 3.8) is 0 Å². The maximum Gasteiger partial charge on any atom is 0.242 e. The summed E-state index contributed by atoms with van der Waals surface area (Å²) >= 11 is 0. The molecule has 0 saturated carbocycles. The number of hydrogen-bond acceptors (Lipinski definition) is 4. The van der Waals surface area contributed by atoms with Crippen molar-refractivity contribution in [1.29, 1.82) is 5.26 Å². The van der Waals surface area contributed by atoms with E-state index in [4.69, 9.17) is 0 Å². The van der Waals surface area contributed by atoms with Crippen LogP contribution in [0.1, 0.15) is 26.3 Å². The molecule has 2 heterocycles. The molecule has 0 spiro atoms. The first kappa shape index (κ1) is 19.8. The Kier molecular flexibility index (Phi) is 5.64. The Hall–Kier alpha value is -2.94. The lowest BCUT2D eigenvalue weighted by Gasteiger charge is -2.28. The molecular weight excluding hydrogens is 352 g/mol. The maximum atomic E-state index is 12.8. The van der Waals surface area contributed by atoms with Gasteiger partial charge in [0.15, 0.2) is 0 Å². The SMILES string of the molecule is CC(=O)N1CCN(C(=O)C(C)(C)C#N)CC(Cc2ccc3ncccc3c2)C1. The van der Waals surface area contributed by atoms with Crippen LogP contribution in [-0.4, -0.2) is 52.8 Å². The van der Waals surface area contributed by atoms with Gasteiger partial charge in [0, 0.05) is 44.7 Å². The lowest BCUT2D eigenvalue weighted by molar-refractivity contribution is -0.138. The summed E-state index contributed by atoms with van der Waals surface area (Å²) in [5.41, 5.74) is 1.04. The zero-order valence-electron chi connectivity index (χ0n) is 16.7. The Morgan fingerprint density at radius 1 is 1.21 bits per heavy atom. The zero-order valence-corrected chi connectivity index (χ0v) is 16.7. The lowest BCUT2D eigenvalue weighted by atomic mass is 9.92. The average molecular weight is 378 g/mol. The largest absolute Gasteiger partial charge is 0.341 e. The molecule has 6 nitrogen and oxygen atoms in total. The minimum absolute atomic E-state index is 0.0153. The third kappa shape index (κ3) is 4.30. The Morgan fingerprint density at radius 2 is 1.93 bits per heavy atom. The van der Waals surface area contributed by atoms with Crippen molar-refractivity contribution in [3.05, 3.63) is 42.1 Å². The van der Waals surface area contributed by atoms with E-state index in [1.165, 1.54) is 0 Å². The van der Waals surface area contributed by atoms with E-state index in [0.717, 1.165) is 22.9 Å². The van der Waals surface area contributed by atoms with Crippen LogP contribution in [0.5, 0.6) is 0 Å². The predicted octanol–water partition coefficient (Wildman–Crippen LogP) is 2.63. The van der Waals surface area contributed by atoms with E-state index < -0.39 is 5.41 Å². The van der Waals surface area contributed by atoms with Gasteiger partial charge in [0.1, 0.15) is 5.41 Å². The van der Waals surface area contributed by atoms with Gasteiger partial charge in [0.05, 0.1) is 11.6 Å². The molecule has 1 aliphatic rings. The third-order valence-electron chi connectivity index (χ3n) is 5.34. The number of pyridine rings is 1. The van der Waals surface area contributed by atoms with Gasteiger partial charge in [-0.1, -0.05) is 12.1 Å². The summed E-state index contributed by atoms with van der Waals surface area (Å²) in [6.07, 6.45) is 2.53. The van der Waals surface area contributed by atoms with Gasteiger partial charge in [-0.15, -0.1) is 0 Å². The topological polar surface area (TPSA) is 77.3 Å². The quantitative estimate of drug-likeness (QED) is 0.823. The molecule has 0 bridgehead atoms. The summed E-state index contributed by atoms with van der Waals surface area (Å²) < 4.78 is 0. The van der Waals surface area contributed by atoms with Crippen LogP contribution in [0.3, 0.4) is 0 Å². The smallest absolute Gasteiger partial charge is 0.242 e. The Bertz CT molecular complexity index is 932. The number of aromatic nitrogens is 1. The second-order valence-corrected chi connectivity index (χ2v) is 8.05. The summed E-state index contributed by atoms with van der Waals surface area (Å²) in [6, 6.07) is 12.2. The molecule has 146 valence electrons. The Labute approximate surface area is 165 Å². The van der Waals surface area contributed by atoms with E-state index in [9.17, 15) is 14.9 Å². The molecule has 28 heavy (non-hydrogen) atoms. The highest BCUT2D eigenvalue weighted by Crippen LogP contribution is 2.23. The number of benzene rings is 1. The molecule has 1 saturated heterocycles. The van der Waals surface area contributed by atoms with Crippen LogP contribution in [0.4, 0.5) is 0 Å². The van der Waals surface area contributed by atoms with Gasteiger partial charge in [0.25, 0.3) is 0 Å². The molecule has 1 fully saturated rings. The van der Waals surface area contributed by atoms with Gasteiger partial charge < -0.3 is 9.80 Å². The highest BCUT2D eigenvalue weighted by Gasteiger charge is 2.35. The summed E-state index contributed by atoms with van der Waals surface area (Å²) in [4.78, 5) is 32.8. The van der Waals surface area contributed by atoms with Gasteiger partial charge in [-0.05, 0) is 49.9 Å². The molecule has 1 aromatic carbocycles. The van der Waals surface area contributed by atoms with Crippen LogP contribution in [0.15, 0.2) is 36.5 Å².